The molecule has 0 aliphatic heterocycles. The summed E-state index contributed by atoms with van der Waals surface area (Å²) < 4.78 is 5.24. The number of nitrogens with zero attached hydrogens (tertiary/aromatic N) is 1. The zero-order valence-electron chi connectivity index (χ0n) is 11.9. The third-order valence-corrected chi connectivity index (χ3v) is 2.89. The second-order valence-corrected chi connectivity index (χ2v) is 4.80. The zero-order valence-corrected chi connectivity index (χ0v) is 11.9. The molecule has 0 aliphatic rings. The van der Waals surface area contributed by atoms with Gasteiger partial charge in [0.25, 0.3) is 0 Å². The Kier molecular flexibility index (Phi) is 5.34. The van der Waals surface area contributed by atoms with Gasteiger partial charge in [-0.25, -0.2) is 4.79 Å². The van der Waals surface area contributed by atoms with Crippen LogP contribution in [0.4, 0.5) is 4.79 Å². The number of amides is 2. The van der Waals surface area contributed by atoms with Gasteiger partial charge in [0.15, 0.2) is 5.76 Å². The van der Waals surface area contributed by atoms with Crippen LogP contribution in [0.2, 0.25) is 0 Å². The number of carbonyl (C=O) groups excluding carboxylic acids is 1. The van der Waals surface area contributed by atoms with Gasteiger partial charge in [0.05, 0.1) is 12.6 Å². The van der Waals surface area contributed by atoms with E-state index in [4.69, 9.17) is 9.63 Å². The lowest BCUT2D eigenvalue weighted by Gasteiger charge is -2.07. The minimum absolute atomic E-state index is 0.289. The van der Waals surface area contributed by atoms with Crippen LogP contribution >= 0.6 is 0 Å². The maximum Gasteiger partial charge on any atom is 0.315 e. The van der Waals surface area contributed by atoms with Crippen molar-refractivity contribution in [1.29, 1.82) is 0 Å². The van der Waals surface area contributed by atoms with Crippen LogP contribution in [0.25, 0.3) is 11.3 Å². The van der Waals surface area contributed by atoms with Crippen molar-refractivity contribution in [2.75, 3.05) is 6.54 Å². The summed E-state index contributed by atoms with van der Waals surface area (Å²) in [7, 11) is 0. The van der Waals surface area contributed by atoms with E-state index in [2.05, 4.69) is 15.8 Å². The van der Waals surface area contributed by atoms with Gasteiger partial charge in [-0.05, 0) is 13.3 Å². The fourth-order valence-corrected chi connectivity index (χ4v) is 1.76. The van der Waals surface area contributed by atoms with Crippen molar-refractivity contribution in [3.63, 3.8) is 0 Å². The topological polar surface area (TPSA) is 87.4 Å². The molecule has 112 valence electrons. The number of hydrogen-bond acceptors (Lipinski definition) is 4. The van der Waals surface area contributed by atoms with Crippen LogP contribution in [0.3, 0.4) is 0 Å². The Bertz CT molecular complexity index is 567. The van der Waals surface area contributed by atoms with Gasteiger partial charge < -0.3 is 20.3 Å². The third kappa shape index (κ3) is 4.92. The number of carbonyl (C=O) groups is 1. The summed E-state index contributed by atoms with van der Waals surface area (Å²) in [6, 6.07) is 11.1. The maximum absolute atomic E-state index is 11.5. The summed E-state index contributed by atoms with van der Waals surface area (Å²) in [4.78, 5) is 11.5. The standard InChI is InChI=1S/C15H19N3O3/c1-11(19)7-8-16-15(20)17-10-13-9-14(21-18-13)12-5-3-2-4-6-12/h2-6,9,11,19H,7-8,10H2,1H3,(H2,16,17,20). The van der Waals surface area contributed by atoms with E-state index in [1.807, 2.05) is 30.3 Å². The minimum atomic E-state index is -0.422. The Balaban J connectivity index is 1.79. The highest BCUT2D eigenvalue weighted by atomic mass is 16.5. The Hall–Kier alpha value is -2.34. The normalized spacial score (nSPS) is 11.9. The largest absolute Gasteiger partial charge is 0.393 e. The second-order valence-electron chi connectivity index (χ2n) is 4.80. The highest BCUT2D eigenvalue weighted by Gasteiger charge is 2.07. The Morgan fingerprint density at radius 3 is 2.81 bits per heavy atom. The number of aliphatic hydroxyl groups is 1. The number of urea groups is 1. The summed E-state index contributed by atoms with van der Waals surface area (Å²) in [6.45, 7) is 2.40. The van der Waals surface area contributed by atoms with Crippen molar-refractivity contribution in [3.8, 4) is 11.3 Å². The van der Waals surface area contributed by atoms with Crippen LogP contribution in [0.1, 0.15) is 19.0 Å². The highest BCUT2D eigenvalue weighted by Crippen LogP contribution is 2.19. The molecule has 0 saturated carbocycles. The summed E-state index contributed by atoms with van der Waals surface area (Å²) in [5.41, 5.74) is 1.59. The maximum atomic E-state index is 11.5. The molecule has 0 spiro atoms. The van der Waals surface area contributed by atoms with Crippen molar-refractivity contribution in [1.82, 2.24) is 15.8 Å². The molecule has 0 saturated heterocycles. The summed E-state index contributed by atoms with van der Waals surface area (Å²) in [6.07, 6.45) is 0.101. The molecule has 0 bridgehead atoms. The first-order chi connectivity index (χ1) is 10.1. The number of aromatic nitrogens is 1. The Labute approximate surface area is 123 Å². The van der Waals surface area contributed by atoms with Gasteiger partial charge in [-0.1, -0.05) is 35.5 Å². The second kappa shape index (κ2) is 7.44. The minimum Gasteiger partial charge on any atom is -0.393 e. The summed E-state index contributed by atoms with van der Waals surface area (Å²) >= 11 is 0. The van der Waals surface area contributed by atoms with Gasteiger partial charge >= 0.3 is 6.03 Å². The molecule has 6 nitrogen and oxygen atoms in total. The summed E-state index contributed by atoms with van der Waals surface area (Å²) in [5, 5.41) is 18.3. The van der Waals surface area contributed by atoms with E-state index in [1.54, 1.807) is 13.0 Å². The van der Waals surface area contributed by atoms with Gasteiger partial charge in [0, 0.05) is 18.2 Å². The average molecular weight is 289 g/mol. The van der Waals surface area contributed by atoms with Crippen molar-refractivity contribution in [3.05, 3.63) is 42.1 Å². The van der Waals surface area contributed by atoms with E-state index in [0.29, 0.717) is 24.4 Å². The molecule has 1 unspecified atom stereocenters. The van der Waals surface area contributed by atoms with Gasteiger partial charge in [0.2, 0.25) is 0 Å². The molecule has 0 aliphatic carbocycles. The number of aliphatic hydroxyl groups excluding tert-OH is 1. The van der Waals surface area contributed by atoms with Gasteiger partial charge in [-0.15, -0.1) is 0 Å². The molecule has 3 N–H and O–H groups in total. The molecule has 6 heteroatoms. The van der Waals surface area contributed by atoms with E-state index in [1.165, 1.54) is 0 Å². The van der Waals surface area contributed by atoms with E-state index in [0.717, 1.165) is 5.56 Å². The number of nitrogens with one attached hydrogen (secondary N) is 2. The van der Waals surface area contributed by atoms with Crippen LogP contribution in [-0.2, 0) is 6.54 Å². The SMILES string of the molecule is CC(O)CCNC(=O)NCc1cc(-c2ccccc2)on1. The average Bonchev–Trinajstić information content (AvgIpc) is 2.94. The molecule has 2 aromatic rings. The number of benzene rings is 1. The molecule has 1 aromatic carbocycles. The third-order valence-electron chi connectivity index (χ3n) is 2.89. The smallest absolute Gasteiger partial charge is 0.315 e. The van der Waals surface area contributed by atoms with Crippen LogP contribution in [0.15, 0.2) is 40.9 Å². The molecule has 0 radical (unpaired) electrons. The van der Waals surface area contributed by atoms with Crippen molar-refractivity contribution in [2.24, 2.45) is 0 Å². The van der Waals surface area contributed by atoms with Crippen LogP contribution in [0.5, 0.6) is 0 Å². The Morgan fingerprint density at radius 1 is 1.33 bits per heavy atom. The van der Waals surface area contributed by atoms with Crippen LogP contribution in [-0.4, -0.2) is 28.9 Å². The van der Waals surface area contributed by atoms with E-state index in [9.17, 15) is 4.79 Å². The fraction of sp³-hybridized carbons (Fsp3) is 0.333. The lowest BCUT2D eigenvalue weighted by Crippen LogP contribution is -2.36. The predicted octanol–water partition coefficient (Wildman–Crippen LogP) is 1.91. The lowest BCUT2D eigenvalue weighted by atomic mass is 10.2. The van der Waals surface area contributed by atoms with E-state index in [-0.39, 0.29) is 12.6 Å². The first-order valence-corrected chi connectivity index (χ1v) is 6.86. The summed E-state index contributed by atoms with van der Waals surface area (Å²) in [5.74, 6) is 0.668. The molecule has 2 rings (SSSR count). The predicted molar refractivity (Wildman–Crippen MR) is 78.5 cm³/mol. The van der Waals surface area contributed by atoms with Crippen molar-refractivity contribution >= 4 is 6.03 Å². The van der Waals surface area contributed by atoms with E-state index >= 15 is 0 Å². The van der Waals surface area contributed by atoms with Crippen molar-refractivity contribution < 1.29 is 14.4 Å². The zero-order chi connectivity index (χ0) is 15.1. The molecule has 1 aromatic heterocycles. The molecule has 2 amide bonds. The first kappa shape index (κ1) is 15.1. The first-order valence-electron chi connectivity index (χ1n) is 6.86. The quantitative estimate of drug-likeness (QED) is 0.758. The highest BCUT2D eigenvalue weighted by molar-refractivity contribution is 5.73. The molecular weight excluding hydrogens is 270 g/mol. The van der Waals surface area contributed by atoms with Crippen LogP contribution in [0, 0.1) is 0 Å². The van der Waals surface area contributed by atoms with Gasteiger partial charge in [0.1, 0.15) is 5.69 Å². The lowest BCUT2D eigenvalue weighted by molar-refractivity contribution is 0.183. The number of hydrogen-bond donors (Lipinski definition) is 3. The molecule has 21 heavy (non-hydrogen) atoms. The monoisotopic (exact) mass is 289 g/mol. The number of rotatable bonds is 6. The molecule has 0 fully saturated rings. The van der Waals surface area contributed by atoms with Crippen molar-refractivity contribution in [2.45, 2.75) is 26.0 Å². The molecule has 1 heterocycles. The Morgan fingerprint density at radius 2 is 2.10 bits per heavy atom. The fourth-order valence-electron chi connectivity index (χ4n) is 1.76. The molecular formula is C15H19N3O3. The van der Waals surface area contributed by atoms with Gasteiger partial charge in [-0.2, -0.15) is 0 Å². The van der Waals surface area contributed by atoms with E-state index < -0.39 is 6.10 Å². The van der Waals surface area contributed by atoms with Gasteiger partial charge in [-0.3, -0.25) is 0 Å². The van der Waals surface area contributed by atoms with Crippen LogP contribution < -0.4 is 10.6 Å². The molecule has 1 atom stereocenters.